The number of unbranched alkanes of at least 4 members (excludes halogenated alkanes) is 2. The highest BCUT2D eigenvalue weighted by Gasteiger charge is 2.22. The summed E-state index contributed by atoms with van der Waals surface area (Å²) in [6.07, 6.45) is 5.97. The third-order valence-corrected chi connectivity index (χ3v) is 7.70. The number of furan rings is 1. The van der Waals surface area contributed by atoms with Gasteiger partial charge in [-0.15, -0.1) is 0 Å². The molecule has 3 heterocycles. The Morgan fingerprint density at radius 2 is 1.79 bits per heavy atom. The molecule has 1 aliphatic rings. The summed E-state index contributed by atoms with van der Waals surface area (Å²) in [6.45, 7) is 9.00. The second kappa shape index (κ2) is 14.9. The van der Waals surface area contributed by atoms with Crippen molar-refractivity contribution in [3.63, 3.8) is 0 Å². The first-order valence-corrected chi connectivity index (χ1v) is 14.9. The number of aryl methyl sites for hydroxylation is 1. The van der Waals surface area contributed by atoms with Crippen molar-refractivity contribution in [3.05, 3.63) is 71.2 Å². The number of carbonyl (C=O) groups is 2. The molecule has 0 unspecified atom stereocenters. The molecule has 42 heavy (non-hydrogen) atoms. The van der Waals surface area contributed by atoms with Crippen LogP contribution in [0.2, 0.25) is 0 Å². The van der Waals surface area contributed by atoms with Crippen LogP contribution in [0.1, 0.15) is 60.0 Å². The number of nitrogens with zero attached hydrogens (tertiary/aromatic N) is 5. The number of carbonyl (C=O) groups excluding carboxylic acids is 1. The van der Waals surface area contributed by atoms with Gasteiger partial charge in [-0.3, -0.25) is 14.6 Å². The van der Waals surface area contributed by atoms with Gasteiger partial charge in [-0.05, 0) is 64.2 Å². The van der Waals surface area contributed by atoms with Gasteiger partial charge >= 0.3 is 5.97 Å². The molecule has 0 atom stereocenters. The summed E-state index contributed by atoms with van der Waals surface area (Å²) in [5.41, 5.74) is 5.53. The Morgan fingerprint density at radius 3 is 2.50 bits per heavy atom. The molecule has 1 amide bonds. The summed E-state index contributed by atoms with van der Waals surface area (Å²) in [4.78, 5) is 38.7. The first kappa shape index (κ1) is 31.1. The van der Waals surface area contributed by atoms with Crippen LogP contribution in [0.25, 0.3) is 22.0 Å². The van der Waals surface area contributed by atoms with E-state index < -0.39 is 5.97 Å². The lowest BCUT2D eigenvalue weighted by Gasteiger charge is -2.32. The molecule has 1 saturated heterocycles. The van der Waals surface area contributed by atoms with Gasteiger partial charge < -0.3 is 24.2 Å². The number of fused-ring (bicyclic) bond motifs is 2. The van der Waals surface area contributed by atoms with E-state index in [2.05, 4.69) is 35.8 Å². The number of amides is 1. The fourth-order valence-electron chi connectivity index (χ4n) is 5.16. The standard InChI is InChI=1S/C27H31N5O2.C6H12O2/c1-19-22(10-11-31(3)18-21-17-28-24-6-4-5-7-25(24)29-21)23-16-20(8-9-26(23)34-19)27(33)32-14-12-30(2)13-15-32;1-2-3-4-5-6(7)8/h4-9,16-17H,10-15,18H2,1-3H3;2-5H2,1H3,(H,7,8). The second-order valence-corrected chi connectivity index (χ2v) is 11.1. The molecule has 0 aliphatic carbocycles. The van der Waals surface area contributed by atoms with E-state index in [0.717, 1.165) is 104 Å². The molecule has 5 rings (SSSR count). The van der Waals surface area contributed by atoms with Crippen molar-refractivity contribution in [2.45, 2.75) is 52.5 Å². The Hall–Kier alpha value is -3.82. The zero-order chi connectivity index (χ0) is 30.1. The lowest BCUT2D eigenvalue weighted by Crippen LogP contribution is -2.47. The largest absolute Gasteiger partial charge is 0.481 e. The number of aliphatic carboxylic acids is 1. The Labute approximate surface area is 248 Å². The lowest BCUT2D eigenvalue weighted by molar-refractivity contribution is -0.137. The molecule has 0 bridgehead atoms. The van der Waals surface area contributed by atoms with E-state index in [-0.39, 0.29) is 5.91 Å². The Morgan fingerprint density at radius 1 is 1.05 bits per heavy atom. The molecule has 0 spiro atoms. The molecule has 2 aromatic carbocycles. The number of hydrogen-bond donors (Lipinski definition) is 1. The zero-order valence-corrected chi connectivity index (χ0v) is 25.3. The Balaban J connectivity index is 0.000000446. The zero-order valence-electron chi connectivity index (χ0n) is 25.3. The average Bonchev–Trinajstić information content (AvgIpc) is 3.30. The predicted octanol–water partition coefficient (Wildman–Crippen LogP) is 5.40. The van der Waals surface area contributed by atoms with Gasteiger partial charge in [0.1, 0.15) is 11.3 Å². The van der Waals surface area contributed by atoms with E-state index in [1.807, 2.05) is 60.5 Å². The summed E-state index contributed by atoms with van der Waals surface area (Å²) < 4.78 is 6.02. The maximum absolute atomic E-state index is 13.1. The number of para-hydroxylation sites is 2. The molecule has 1 aliphatic heterocycles. The molecule has 0 saturated carbocycles. The van der Waals surface area contributed by atoms with Crippen molar-refractivity contribution in [1.82, 2.24) is 24.7 Å². The topological polar surface area (TPSA) is 103 Å². The number of rotatable bonds is 10. The van der Waals surface area contributed by atoms with E-state index in [4.69, 9.17) is 14.5 Å². The molecular formula is C33H43N5O4. The monoisotopic (exact) mass is 573 g/mol. The first-order valence-electron chi connectivity index (χ1n) is 14.9. The third-order valence-electron chi connectivity index (χ3n) is 7.70. The van der Waals surface area contributed by atoms with Crippen LogP contribution in [-0.2, 0) is 17.8 Å². The van der Waals surface area contributed by atoms with Crippen LogP contribution in [0.4, 0.5) is 0 Å². The molecule has 2 aromatic heterocycles. The van der Waals surface area contributed by atoms with Gasteiger partial charge in [0.05, 0.1) is 22.9 Å². The van der Waals surface area contributed by atoms with E-state index in [0.29, 0.717) is 6.42 Å². The van der Waals surface area contributed by atoms with Crippen molar-refractivity contribution >= 4 is 33.9 Å². The summed E-state index contributed by atoms with van der Waals surface area (Å²) in [6, 6.07) is 13.8. The highest BCUT2D eigenvalue weighted by Crippen LogP contribution is 2.28. The van der Waals surface area contributed by atoms with Crippen LogP contribution in [-0.4, -0.2) is 88.5 Å². The number of carboxylic acid groups (broad SMARTS) is 1. The maximum atomic E-state index is 13.1. The van der Waals surface area contributed by atoms with Gasteiger partial charge in [0, 0.05) is 62.2 Å². The van der Waals surface area contributed by atoms with E-state index in [9.17, 15) is 9.59 Å². The number of carboxylic acids is 1. The fourth-order valence-corrected chi connectivity index (χ4v) is 5.16. The quantitative estimate of drug-likeness (QED) is 0.252. The van der Waals surface area contributed by atoms with Crippen LogP contribution in [0.3, 0.4) is 0 Å². The third kappa shape index (κ3) is 8.36. The molecule has 9 heteroatoms. The van der Waals surface area contributed by atoms with Crippen molar-refractivity contribution in [2.75, 3.05) is 46.8 Å². The van der Waals surface area contributed by atoms with Crippen LogP contribution < -0.4 is 0 Å². The van der Waals surface area contributed by atoms with Crippen molar-refractivity contribution < 1.29 is 19.1 Å². The molecule has 9 nitrogen and oxygen atoms in total. The molecule has 0 radical (unpaired) electrons. The Bertz CT molecular complexity index is 1490. The highest BCUT2D eigenvalue weighted by atomic mass is 16.4. The fraction of sp³-hybridized carbons (Fsp3) is 0.455. The van der Waals surface area contributed by atoms with E-state index in [1.54, 1.807) is 0 Å². The van der Waals surface area contributed by atoms with E-state index in [1.165, 1.54) is 5.56 Å². The number of aromatic nitrogens is 2. The number of piperazine rings is 1. The van der Waals surface area contributed by atoms with Gasteiger partial charge in [0.2, 0.25) is 0 Å². The number of benzene rings is 2. The minimum Gasteiger partial charge on any atom is -0.481 e. The SMILES string of the molecule is CCCCCC(=O)O.Cc1oc2ccc(C(=O)N3CCN(C)CC3)cc2c1CCN(C)Cc1cnc2ccccc2n1. The predicted molar refractivity (Wildman–Crippen MR) is 166 cm³/mol. The van der Waals surface area contributed by atoms with Crippen LogP contribution in [0, 0.1) is 6.92 Å². The summed E-state index contributed by atoms with van der Waals surface area (Å²) in [5, 5.41) is 9.18. The molecule has 224 valence electrons. The lowest BCUT2D eigenvalue weighted by atomic mass is 10.0. The summed E-state index contributed by atoms with van der Waals surface area (Å²) >= 11 is 0. The summed E-state index contributed by atoms with van der Waals surface area (Å²) in [5.74, 6) is 0.336. The van der Waals surface area contributed by atoms with Gasteiger partial charge in [-0.2, -0.15) is 0 Å². The van der Waals surface area contributed by atoms with Crippen LogP contribution >= 0.6 is 0 Å². The van der Waals surface area contributed by atoms with Crippen LogP contribution in [0.5, 0.6) is 0 Å². The number of likely N-dealkylation sites (N-methyl/N-ethyl adjacent to an activating group) is 2. The maximum Gasteiger partial charge on any atom is 0.303 e. The second-order valence-electron chi connectivity index (χ2n) is 11.1. The minimum absolute atomic E-state index is 0.104. The van der Waals surface area contributed by atoms with Crippen molar-refractivity contribution in [2.24, 2.45) is 0 Å². The molecule has 4 aromatic rings. The van der Waals surface area contributed by atoms with Gasteiger partial charge in [-0.1, -0.05) is 31.9 Å². The first-order chi connectivity index (χ1) is 20.2. The van der Waals surface area contributed by atoms with Gasteiger partial charge in [-0.25, -0.2) is 4.98 Å². The van der Waals surface area contributed by atoms with Gasteiger partial charge in [0.25, 0.3) is 5.91 Å². The highest BCUT2D eigenvalue weighted by molar-refractivity contribution is 5.98. The van der Waals surface area contributed by atoms with Crippen molar-refractivity contribution in [1.29, 1.82) is 0 Å². The molecule has 1 fully saturated rings. The molecule has 1 N–H and O–H groups in total. The van der Waals surface area contributed by atoms with E-state index >= 15 is 0 Å². The number of hydrogen-bond acceptors (Lipinski definition) is 7. The smallest absolute Gasteiger partial charge is 0.303 e. The van der Waals surface area contributed by atoms with Gasteiger partial charge in [0.15, 0.2) is 0 Å². The summed E-state index contributed by atoms with van der Waals surface area (Å²) in [7, 11) is 4.19. The van der Waals surface area contributed by atoms with Crippen molar-refractivity contribution in [3.8, 4) is 0 Å². The normalized spacial score (nSPS) is 13.9. The molecular weight excluding hydrogens is 530 g/mol. The Kier molecular flexibility index (Phi) is 11.0. The van der Waals surface area contributed by atoms with Crippen LogP contribution in [0.15, 0.2) is 53.1 Å². The average molecular weight is 574 g/mol. The minimum atomic E-state index is -0.682.